The van der Waals surface area contributed by atoms with Crippen LogP contribution < -0.4 is 10.2 Å². The molecule has 0 saturated carbocycles. The fourth-order valence-corrected chi connectivity index (χ4v) is 3.32. The smallest absolute Gasteiger partial charge is 0.154 e. The van der Waals surface area contributed by atoms with Gasteiger partial charge in [-0.05, 0) is 38.0 Å². The first-order valence-electron chi connectivity index (χ1n) is 7.09. The van der Waals surface area contributed by atoms with Gasteiger partial charge >= 0.3 is 0 Å². The van der Waals surface area contributed by atoms with E-state index in [0.717, 1.165) is 18.8 Å². The normalized spacial score (nSPS) is 17.0. The highest BCUT2D eigenvalue weighted by Gasteiger charge is 2.29. The molecule has 1 unspecified atom stereocenters. The van der Waals surface area contributed by atoms with Crippen LogP contribution in [0.25, 0.3) is 0 Å². The van der Waals surface area contributed by atoms with Gasteiger partial charge in [0, 0.05) is 18.3 Å². The monoisotopic (exact) mass is 321 g/mol. The van der Waals surface area contributed by atoms with Gasteiger partial charge in [0.15, 0.2) is 5.82 Å². The Bertz CT molecular complexity index is 673. The van der Waals surface area contributed by atoms with E-state index < -0.39 is 0 Å². The van der Waals surface area contributed by atoms with Gasteiger partial charge in [0.2, 0.25) is 0 Å². The molecule has 1 aliphatic heterocycles. The molecular weight excluding hydrogens is 305 g/mol. The average Bonchev–Trinajstić information content (AvgIpc) is 2.78. The van der Waals surface area contributed by atoms with Crippen molar-refractivity contribution >= 4 is 40.5 Å². The second kappa shape index (κ2) is 5.74. The highest BCUT2D eigenvalue weighted by Crippen LogP contribution is 2.41. The van der Waals surface area contributed by atoms with Crippen molar-refractivity contribution in [1.82, 2.24) is 4.98 Å². The molecule has 3 rings (SSSR count). The average molecular weight is 322 g/mol. The summed E-state index contributed by atoms with van der Waals surface area (Å²) in [6, 6.07) is 10.5. The van der Waals surface area contributed by atoms with Gasteiger partial charge in [0.05, 0.1) is 10.0 Å². The van der Waals surface area contributed by atoms with Crippen LogP contribution in [0.5, 0.6) is 0 Å². The Kier molecular flexibility index (Phi) is 3.96. The first kappa shape index (κ1) is 14.5. The molecular formula is C16H17Cl2N3. The number of aromatic nitrogens is 1. The van der Waals surface area contributed by atoms with Crippen LogP contribution in [0.3, 0.4) is 0 Å². The number of anilines is 3. The molecule has 0 amide bonds. The lowest BCUT2D eigenvalue weighted by atomic mass is 10.1. The van der Waals surface area contributed by atoms with Crippen LogP contribution in [-0.4, -0.2) is 17.6 Å². The van der Waals surface area contributed by atoms with Crippen molar-refractivity contribution in [1.29, 1.82) is 0 Å². The van der Waals surface area contributed by atoms with Crippen LogP contribution in [0.4, 0.5) is 17.3 Å². The van der Waals surface area contributed by atoms with Crippen molar-refractivity contribution in [2.75, 3.05) is 16.8 Å². The molecule has 1 atom stereocenters. The molecule has 0 fully saturated rings. The molecule has 21 heavy (non-hydrogen) atoms. The summed E-state index contributed by atoms with van der Waals surface area (Å²) >= 11 is 12.6. The maximum absolute atomic E-state index is 6.40. The minimum atomic E-state index is 0.322. The number of para-hydroxylation sites is 1. The van der Waals surface area contributed by atoms with Gasteiger partial charge in [-0.1, -0.05) is 41.4 Å². The van der Waals surface area contributed by atoms with E-state index in [2.05, 4.69) is 40.3 Å². The highest BCUT2D eigenvalue weighted by atomic mass is 35.5. The summed E-state index contributed by atoms with van der Waals surface area (Å²) in [5.74, 6) is 1.43. The van der Waals surface area contributed by atoms with Crippen molar-refractivity contribution in [2.45, 2.75) is 26.3 Å². The predicted molar refractivity (Wildman–Crippen MR) is 90.2 cm³/mol. The summed E-state index contributed by atoms with van der Waals surface area (Å²) in [4.78, 5) is 6.83. The first-order valence-corrected chi connectivity index (χ1v) is 7.84. The van der Waals surface area contributed by atoms with E-state index >= 15 is 0 Å². The molecule has 1 aliphatic rings. The Balaban J connectivity index is 2.10. The van der Waals surface area contributed by atoms with Crippen LogP contribution in [0.15, 0.2) is 30.3 Å². The number of rotatable bonds is 3. The lowest BCUT2D eigenvalue weighted by Crippen LogP contribution is -2.25. The van der Waals surface area contributed by atoms with E-state index in [1.807, 2.05) is 13.0 Å². The standard InChI is InChI=1S/C16H17Cl2N3/c1-3-19-15-12(17)9-13(18)16(20-15)21-10(2)8-11-6-4-5-7-14(11)21/h4-7,9-10H,3,8H2,1-2H3,(H,19,20). The summed E-state index contributed by atoms with van der Waals surface area (Å²) in [6.45, 7) is 4.96. The molecule has 3 nitrogen and oxygen atoms in total. The lowest BCUT2D eigenvalue weighted by molar-refractivity contribution is 0.751. The second-order valence-electron chi connectivity index (χ2n) is 5.21. The lowest BCUT2D eigenvalue weighted by Gasteiger charge is -2.25. The summed E-state index contributed by atoms with van der Waals surface area (Å²) < 4.78 is 0. The van der Waals surface area contributed by atoms with Crippen molar-refractivity contribution in [3.8, 4) is 0 Å². The number of fused-ring (bicyclic) bond motifs is 1. The zero-order valence-electron chi connectivity index (χ0n) is 12.0. The molecule has 2 aromatic rings. The molecule has 2 heterocycles. The van der Waals surface area contributed by atoms with Gasteiger partial charge < -0.3 is 10.2 Å². The Hall–Kier alpha value is -1.45. The zero-order valence-corrected chi connectivity index (χ0v) is 13.5. The third-order valence-corrected chi connectivity index (χ3v) is 4.26. The van der Waals surface area contributed by atoms with Crippen LogP contribution in [-0.2, 0) is 6.42 Å². The van der Waals surface area contributed by atoms with Gasteiger partial charge in [-0.3, -0.25) is 0 Å². The Morgan fingerprint density at radius 3 is 2.81 bits per heavy atom. The van der Waals surface area contributed by atoms with E-state index in [1.165, 1.54) is 11.3 Å². The van der Waals surface area contributed by atoms with E-state index in [0.29, 0.717) is 21.9 Å². The van der Waals surface area contributed by atoms with Crippen LogP contribution in [0.2, 0.25) is 10.0 Å². The van der Waals surface area contributed by atoms with Crippen LogP contribution in [0.1, 0.15) is 19.4 Å². The molecule has 110 valence electrons. The molecule has 0 radical (unpaired) electrons. The number of halogens is 2. The number of benzene rings is 1. The van der Waals surface area contributed by atoms with E-state index in [9.17, 15) is 0 Å². The predicted octanol–water partition coefficient (Wildman–Crippen LogP) is 4.90. The van der Waals surface area contributed by atoms with Gasteiger partial charge in [0.25, 0.3) is 0 Å². The highest BCUT2D eigenvalue weighted by molar-refractivity contribution is 6.37. The van der Waals surface area contributed by atoms with E-state index in [4.69, 9.17) is 23.2 Å². The largest absolute Gasteiger partial charge is 0.369 e. The van der Waals surface area contributed by atoms with Gasteiger partial charge in [-0.15, -0.1) is 0 Å². The zero-order chi connectivity index (χ0) is 15.0. The Morgan fingerprint density at radius 2 is 2.05 bits per heavy atom. The molecule has 1 aromatic heterocycles. The SMILES string of the molecule is CCNc1nc(N2c3ccccc3CC2C)c(Cl)cc1Cl. The molecule has 5 heteroatoms. The third kappa shape index (κ3) is 2.56. The van der Waals surface area contributed by atoms with Gasteiger partial charge in [-0.25, -0.2) is 4.98 Å². The summed E-state index contributed by atoms with van der Waals surface area (Å²) in [7, 11) is 0. The molecule has 0 saturated heterocycles. The van der Waals surface area contributed by atoms with Crippen LogP contribution in [0, 0.1) is 0 Å². The minimum absolute atomic E-state index is 0.322. The van der Waals surface area contributed by atoms with E-state index in [1.54, 1.807) is 6.07 Å². The first-order chi connectivity index (χ1) is 10.1. The molecule has 1 aromatic carbocycles. The molecule has 1 N–H and O–H groups in total. The molecule has 0 bridgehead atoms. The number of nitrogens with zero attached hydrogens (tertiary/aromatic N) is 2. The maximum Gasteiger partial charge on any atom is 0.154 e. The van der Waals surface area contributed by atoms with Crippen molar-refractivity contribution in [2.24, 2.45) is 0 Å². The van der Waals surface area contributed by atoms with Gasteiger partial charge in [0.1, 0.15) is 5.82 Å². The Labute approximate surface area is 134 Å². The molecule has 0 aliphatic carbocycles. The van der Waals surface area contributed by atoms with Gasteiger partial charge in [-0.2, -0.15) is 0 Å². The summed E-state index contributed by atoms with van der Waals surface area (Å²) in [6.07, 6.45) is 0.993. The molecule has 0 spiro atoms. The minimum Gasteiger partial charge on any atom is -0.369 e. The number of pyridine rings is 1. The maximum atomic E-state index is 6.40. The fourth-order valence-electron chi connectivity index (χ4n) is 2.81. The number of hydrogen-bond acceptors (Lipinski definition) is 3. The quantitative estimate of drug-likeness (QED) is 0.871. The van der Waals surface area contributed by atoms with Crippen LogP contribution >= 0.6 is 23.2 Å². The second-order valence-corrected chi connectivity index (χ2v) is 6.02. The van der Waals surface area contributed by atoms with Crippen molar-refractivity contribution in [3.05, 3.63) is 45.9 Å². The third-order valence-electron chi connectivity index (χ3n) is 3.69. The fraction of sp³-hybridized carbons (Fsp3) is 0.312. The van der Waals surface area contributed by atoms with Crippen molar-refractivity contribution in [3.63, 3.8) is 0 Å². The number of nitrogens with one attached hydrogen (secondary N) is 1. The topological polar surface area (TPSA) is 28.2 Å². The Morgan fingerprint density at radius 1 is 1.29 bits per heavy atom. The van der Waals surface area contributed by atoms with Crippen molar-refractivity contribution < 1.29 is 0 Å². The van der Waals surface area contributed by atoms with E-state index in [-0.39, 0.29) is 0 Å². The summed E-state index contributed by atoms with van der Waals surface area (Å²) in [5, 5.41) is 4.30. The number of hydrogen-bond donors (Lipinski definition) is 1. The summed E-state index contributed by atoms with van der Waals surface area (Å²) in [5.41, 5.74) is 2.49.